The maximum Gasteiger partial charge on any atom is 0.233 e. The first-order chi connectivity index (χ1) is 11.8. The van der Waals surface area contributed by atoms with Crippen LogP contribution in [0.4, 0.5) is 5.69 Å². The van der Waals surface area contributed by atoms with Crippen LogP contribution in [0.25, 0.3) is 10.9 Å². The smallest absolute Gasteiger partial charge is 0.233 e. The third-order valence-corrected chi connectivity index (χ3v) is 4.62. The van der Waals surface area contributed by atoms with Crippen molar-refractivity contribution in [2.24, 2.45) is 0 Å². The number of hydrogen-bond donors (Lipinski definition) is 2. The molecular formula is C19H20N4O. The van der Waals surface area contributed by atoms with Gasteiger partial charge in [-0.25, -0.2) is 0 Å². The predicted molar refractivity (Wildman–Crippen MR) is 94.9 cm³/mol. The number of rotatable bonds is 3. The van der Waals surface area contributed by atoms with Crippen molar-refractivity contribution in [3.63, 3.8) is 0 Å². The SMILES string of the molecule is CCn1ncc2ccc(NC(=O)C3CNCc4ccccc43)cc21. The van der Waals surface area contributed by atoms with Crippen LogP contribution in [0.1, 0.15) is 24.0 Å². The number of nitrogens with one attached hydrogen (secondary N) is 2. The van der Waals surface area contributed by atoms with Crippen LogP contribution in [0.3, 0.4) is 0 Å². The monoisotopic (exact) mass is 320 g/mol. The molecule has 3 aromatic rings. The van der Waals surface area contributed by atoms with Crippen LogP contribution in [-0.4, -0.2) is 22.2 Å². The third kappa shape index (κ3) is 2.57. The molecule has 1 amide bonds. The summed E-state index contributed by atoms with van der Waals surface area (Å²) in [6, 6.07) is 14.1. The van der Waals surface area contributed by atoms with Gasteiger partial charge in [0.1, 0.15) is 0 Å². The van der Waals surface area contributed by atoms with Crippen molar-refractivity contribution in [3.8, 4) is 0 Å². The molecule has 1 aliphatic heterocycles. The lowest BCUT2D eigenvalue weighted by Gasteiger charge is -2.25. The van der Waals surface area contributed by atoms with E-state index in [-0.39, 0.29) is 11.8 Å². The Bertz CT molecular complexity index is 899. The molecule has 122 valence electrons. The first-order valence-corrected chi connectivity index (χ1v) is 8.31. The molecule has 0 saturated carbocycles. The van der Waals surface area contributed by atoms with Crippen molar-refractivity contribution in [2.75, 3.05) is 11.9 Å². The number of anilines is 1. The molecule has 0 radical (unpaired) electrons. The fourth-order valence-corrected chi connectivity index (χ4v) is 3.36. The summed E-state index contributed by atoms with van der Waals surface area (Å²) in [5, 5.41) is 11.8. The molecule has 0 bridgehead atoms. The summed E-state index contributed by atoms with van der Waals surface area (Å²) < 4.78 is 1.93. The van der Waals surface area contributed by atoms with E-state index < -0.39 is 0 Å². The number of nitrogens with zero attached hydrogens (tertiary/aromatic N) is 2. The average molecular weight is 320 g/mol. The van der Waals surface area contributed by atoms with Gasteiger partial charge in [-0.2, -0.15) is 5.10 Å². The molecule has 0 spiro atoms. The van der Waals surface area contributed by atoms with Gasteiger partial charge in [0.2, 0.25) is 5.91 Å². The number of aryl methyl sites for hydroxylation is 1. The van der Waals surface area contributed by atoms with E-state index in [1.807, 2.05) is 41.2 Å². The minimum Gasteiger partial charge on any atom is -0.325 e. The molecular weight excluding hydrogens is 300 g/mol. The Morgan fingerprint density at radius 3 is 3.08 bits per heavy atom. The number of carbonyl (C=O) groups excluding carboxylic acids is 1. The number of hydrogen-bond acceptors (Lipinski definition) is 3. The maximum absolute atomic E-state index is 12.8. The average Bonchev–Trinajstić information content (AvgIpc) is 3.03. The zero-order valence-corrected chi connectivity index (χ0v) is 13.6. The van der Waals surface area contributed by atoms with Gasteiger partial charge < -0.3 is 10.6 Å². The van der Waals surface area contributed by atoms with Crippen molar-refractivity contribution in [1.82, 2.24) is 15.1 Å². The zero-order chi connectivity index (χ0) is 16.5. The molecule has 4 rings (SSSR count). The van der Waals surface area contributed by atoms with E-state index >= 15 is 0 Å². The quantitative estimate of drug-likeness (QED) is 0.780. The summed E-state index contributed by atoms with van der Waals surface area (Å²) in [7, 11) is 0. The summed E-state index contributed by atoms with van der Waals surface area (Å²) in [6.07, 6.45) is 1.85. The van der Waals surface area contributed by atoms with E-state index in [1.165, 1.54) is 5.56 Å². The second-order valence-electron chi connectivity index (χ2n) is 6.11. The summed E-state index contributed by atoms with van der Waals surface area (Å²) in [5.41, 5.74) is 4.17. The fourth-order valence-electron chi connectivity index (χ4n) is 3.36. The van der Waals surface area contributed by atoms with Crippen LogP contribution in [-0.2, 0) is 17.9 Å². The molecule has 5 nitrogen and oxygen atoms in total. The molecule has 24 heavy (non-hydrogen) atoms. The first-order valence-electron chi connectivity index (χ1n) is 8.31. The van der Waals surface area contributed by atoms with Gasteiger partial charge in [-0.15, -0.1) is 0 Å². The summed E-state index contributed by atoms with van der Waals surface area (Å²) in [6.45, 7) is 4.35. The van der Waals surface area contributed by atoms with Crippen LogP contribution in [0.2, 0.25) is 0 Å². The van der Waals surface area contributed by atoms with Gasteiger partial charge in [-0.05, 0) is 36.2 Å². The Morgan fingerprint density at radius 2 is 2.21 bits per heavy atom. The van der Waals surface area contributed by atoms with Gasteiger partial charge in [0, 0.05) is 30.7 Å². The molecule has 0 saturated heterocycles. The van der Waals surface area contributed by atoms with E-state index in [4.69, 9.17) is 0 Å². The van der Waals surface area contributed by atoms with E-state index in [0.29, 0.717) is 6.54 Å². The highest BCUT2D eigenvalue weighted by Gasteiger charge is 2.26. The van der Waals surface area contributed by atoms with Gasteiger partial charge in [-0.3, -0.25) is 9.48 Å². The molecule has 2 N–H and O–H groups in total. The number of benzene rings is 2. The summed E-state index contributed by atoms with van der Waals surface area (Å²) >= 11 is 0. The van der Waals surface area contributed by atoms with E-state index in [0.717, 1.165) is 35.2 Å². The van der Waals surface area contributed by atoms with Gasteiger partial charge in [0.05, 0.1) is 17.6 Å². The predicted octanol–water partition coefficient (Wildman–Crippen LogP) is 2.88. The van der Waals surface area contributed by atoms with E-state index in [2.05, 4.69) is 34.8 Å². The van der Waals surface area contributed by atoms with Crippen molar-refractivity contribution in [2.45, 2.75) is 25.9 Å². The Labute approximate surface area is 140 Å². The molecule has 0 fully saturated rings. The van der Waals surface area contributed by atoms with Crippen LogP contribution in [0.15, 0.2) is 48.7 Å². The molecule has 1 atom stereocenters. The molecule has 1 unspecified atom stereocenters. The highest BCUT2D eigenvalue weighted by atomic mass is 16.1. The van der Waals surface area contributed by atoms with E-state index in [1.54, 1.807) is 0 Å². The highest BCUT2D eigenvalue weighted by Crippen LogP contribution is 2.26. The molecule has 1 aliphatic rings. The number of aromatic nitrogens is 2. The lowest BCUT2D eigenvalue weighted by atomic mass is 9.90. The van der Waals surface area contributed by atoms with Gasteiger partial charge >= 0.3 is 0 Å². The van der Waals surface area contributed by atoms with Crippen molar-refractivity contribution in [1.29, 1.82) is 0 Å². The summed E-state index contributed by atoms with van der Waals surface area (Å²) in [4.78, 5) is 12.8. The molecule has 5 heteroatoms. The largest absolute Gasteiger partial charge is 0.325 e. The Morgan fingerprint density at radius 1 is 1.33 bits per heavy atom. The minimum atomic E-state index is -0.165. The van der Waals surface area contributed by atoms with Gasteiger partial charge in [0.15, 0.2) is 0 Å². The topological polar surface area (TPSA) is 59.0 Å². The first kappa shape index (κ1) is 14.9. The Kier molecular flexibility index (Phi) is 3.78. The normalized spacial score (nSPS) is 16.8. The lowest BCUT2D eigenvalue weighted by Crippen LogP contribution is -2.35. The summed E-state index contributed by atoms with van der Waals surface area (Å²) in [5.74, 6) is -0.140. The zero-order valence-electron chi connectivity index (χ0n) is 13.6. The number of fused-ring (bicyclic) bond motifs is 2. The van der Waals surface area contributed by atoms with Gasteiger partial charge in [-0.1, -0.05) is 24.3 Å². The van der Waals surface area contributed by atoms with Crippen molar-refractivity contribution >= 4 is 22.5 Å². The van der Waals surface area contributed by atoms with Crippen LogP contribution >= 0.6 is 0 Å². The Balaban J connectivity index is 1.61. The van der Waals surface area contributed by atoms with Crippen LogP contribution < -0.4 is 10.6 Å². The molecule has 1 aromatic heterocycles. The third-order valence-electron chi connectivity index (χ3n) is 4.62. The highest BCUT2D eigenvalue weighted by molar-refractivity contribution is 5.98. The minimum absolute atomic E-state index is 0.0246. The second-order valence-corrected chi connectivity index (χ2v) is 6.11. The van der Waals surface area contributed by atoms with Crippen LogP contribution in [0, 0.1) is 0 Å². The molecule has 2 heterocycles. The molecule has 0 aliphatic carbocycles. The van der Waals surface area contributed by atoms with Crippen molar-refractivity contribution < 1.29 is 4.79 Å². The number of amides is 1. The fraction of sp³-hybridized carbons (Fsp3) is 0.263. The van der Waals surface area contributed by atoms with Crippen molar-refractivity contribution in [3.05, 3.63) is 59.8 Å². The second kappa shape index (κ2) is 6.09. The standard InChI is InChI=1S/C19H20N4O/c1-2-23-18-9-15(8-7-14(18)11-21-23)22-19(24)17-12-20-10-13-5-3-4-6-16(13)17/h3-9,11,17,20H,2,10,12H2,1H3,(H,22,24). The van der Waals surface area contributed by atoms with E-state index in [9.17, 15) is 4.79 Å². The van der Waals surface area contributed by atoms with Gasteiger partial charge in [0.25, 0.3) is 0 Å². The number of carbonyl (C=O) groups is 1. The molecule has 2 aromatic carbocycles. The Hall–Kier alpha value is -2.66. The van der Waals surface area contributed by atoms with Crippen LogP contribution in [0.5, 0.6) is 0 Å². The lowest BCUT2D eigenvalue weighted by molar-refractivity contribution is -0.117. The maximum atomic E-state index is 12.8.